The van der Waals surface area contributed by atoms with Gasteiger partial charge in [0.25, 0.3) is 15.7 Å². The number of non-ortho nitro benzene ring substituents is 1. The van der Waals surface area contributed by atoms with E-state index in [0.29, 0.717) is 18.6 Å². The lowest BCUT2D eigenvalue weighted by molar-refractivity contribution is -0.383. The number of nitro benzene ring substituents is 1. The highest BCUT2D eigenvalue weighted by molar-refractivity contribution is 7.89. The molecule has 22 heavy (non-hydrogen) atoms. The highest BCUT2D eigenvalue weighted by atomic mass is 32.2. The lowest BCUT2D eigenvalue weighted by Crippen LogP contribution is -2.32. The molecular weight excluding hydrogens is 308 g/mol. The van der Waals surface area contributed by atoms with Crippen LogP contribution in [-0.4, -0.2) is 40.3 Å². The van der Waals surface area contributed by atoms with E-state index in [1.54, 1.807) is 26.8 Å². The van der Waals surface area contributed by atoms with Crippen LogP contribution in [0.4, 0.5) is 5.69 Å². The van der Waals surface area contributed by atoms with Gasteiger partial charge in [-0.05, 0) is 13.0 Å². The van der Waals surface area contributed by atoms with Crippen LogP contribution in [0.2, 0.25) is 0 Å². The summed E-state index contributed by atoms with van der Waals surface area (Å²) in [7, 11) is -3.79. The molecule has 0 aliphatic carbocycles. The van der Waals surface area contributed by atoms with Crippen molar-refractivity contribution in [2.75, 3.05) is 13.1 Å². The Hall–Kier alpha value is -2.00. The fourth-order valence-electron chi connectivity index (χ4n) is 2.46. The zero-order valence-electron chi connectivity index (χ0n) is 12.7. The lowest BCUT2D eigenvalue weighted by atomic mass is 10.2. The molecule has 1 aromatic carbocycles. The third-order valence-corrected chi connectivity index (χ3v) is 5.47. The van der Waals surface area contributed by atoms with Crippen LogP contribution in [0, 0.1) is 10.1 Å². The predicted molar refractivity (Wildman–Crippen MR) is 82.2 cm³/mol. The minimum Gasteiger partial charge on any atom is -0.308 e. The molecule has 2 aromatic rings. The maximum absolute atomic E-state index is 12.7. The fraction of sp³-hybridized carbons (Fsp3) is 0.462. The third-order valence-electron chi connectivity index (χ3n) is 3.50. The second-order valence-corrected chi connectivity index (χ2v) is 6.46. The van der Waals surface area contributed by atoms with Crippen LogP contribution >= 0.6 is 0 Å². The van der Waals surface area contributed by atoms with Gasteiger partial charge < -0.3 is 4.57 Å². The summed E-state index contributed by atoms with van der Waals surface area (Å²) in [5.41, 5.74) is 0.398. The number of hydrogen-bond donors (Lipinski definition) is 0. The van der Waals surface area contributed by atoms with Gasteiger partial charge in [-0.2, -0.15) is 4.31 Å². The van der Waals surface area contributed by atoms with Gasteiger partial charge in [-0.1, -0.05) is 19.9 Å². The number of para-hydroxylation sites is 1. The normalized spacial score (nSPS) is 12.2. The summed E-state index contributed by atoms with van der Waals surface area (Å²) in [5, 5.41) is 11.0. The summed E-state index contributed by atoms with van der Waals surface area (Å²) < 4.78 is 28.1. The van der Waals surface area contributed by atoms with E-state index in [-0.39, 0.29) is 22.9 Å². The minimum absolute atomic E-state index is 0.146. The summed E-state index contributed by atoms with van der Waals surface area (Å²) >= 11 is 0. The van der Waals surface area contributed by atoms with Crippen molar-refractivity contribution in [1.29, 1.82) is 0 Å². The van der Waals surface area contributed by atoms with Crippen LogP contribution in [0.1, 0.15) is 20.8 Å². The van der Waals surface area contributed by atoms with Crippen molar-refractivity contribution in [2.45, 2.75) is 32.5 Å². The van der Waals surface area contributed by atoms with Gasteiger partial charge in [-0.25, -0.2) is 13.4 Å². The van der Waals surface area contributed by atoms with E-state index in [4.69, 9.17) is 0 Å². The topological polar surface area (TPSA) is 98.3 Å². The zero-order chi connectivity index (χ0) is 16.5. The third kappa shape index (κ3) is 2.46. The molecule has 0 saturated carbocycles. The molecule has 2 rings (SSSR count). The molecule has 0 aliphatic rings. The molecule has 9 heteroatoms. The maximum atomic E-state index is 12.7. The first kappa shape index (κ1) is 16.4. The van der Waals surface area contributed by atoms with E-state index in [9.17, 15) is 18.5 Å². The molecule has 0 aliphatic heterocycles. The van der Waals surface area contributed by atoms with Gasteiger partial charge in [0.1, 0.15) is 5.52 Å². The Labute approximate surface area is 128 Å². The molecule has 0 bridgehead atoms. The molecule has 0 radical (unpaired) electrons. The Bertz CT molecular complexity index is 809. The Kier molecular flexibility index (Phi) is 4.47. The Morgan fingerprint density at radius 3 is 2.41 bits per heavy atom. The molecule has 1 aromatic heterocycles. The van der Waals surface area contributed by atoms with Gasteiger partial charge in [0.15, 0.2) is 0 Å². The van der Waals surface area contributed by atoms with Crippen molar-refractivity contribution in [3.63, 3.8) is 0 Å². The number of hydrogen-bond acceptors (Lipinski definition) is 5. The number of fused-ring (bicyclic) bond motifs is 1. The van der Waals surface area contributed by atoms with Crippen LogP contribution in [-0.2, 0) is 16.6 Å². The first-order chi connectivity index (χ1) is 10.4. The number of sulfonamides is 1. The summed E-state index contributed by atoms with van der Waals surface area (Å²) in [5.74, 6) is 0. The molecule has 120 valence electrons. The minimum atomic E-state index is -3.79. The number of benzene rings is 1. The highest BCUT2D eigenvalue weighted by Gasteiger charge is 2.30. The van der Waals surface area contributed by atoms with E-state index in [0.717, 1.165) is 0 Å². The standard InChI is InChI=1S/C13H18N4O4S/c1-4-15(5-2)22(20,21)13-14-10-8-7-9-11(17(18)19)12(10)16(13)6-3/h7-9H,4-6H2,1-3H3. The molecule has 0 spiro atoms. The first-order valence-electron chi connectivity index (χ1n) is 7.02. The monoisotopic (exact) mass is 326 g/mol. The molecule has 1 heterocycles. The second kappa shape index (κ2) is 6.01. The van der Waals surface area contributed by atoms with Crippen LogP contribution in [0.25, 0.3) is 11.0 Å². The van der Waals surface area contributed by atoms with Crippen LogP contribution < -0.4 is 0 Å². The fourth-order valence-corrected chi connectivity index (χ4v) is 4.09. The van der Waals surface area contributed by atoms with E-state index < -0.39 is 14.9 Å². The largest absolute Gasteiger partial charge is 0.308 e. The van der Waals surface area contributed by atoms with Crippen molar-refractivity contribution in [3.05, 3.63) is 28.3 Å². The Morgan fingerprint density at radius 2 is 1.91 bits per heavy atom. The van der Waals surface area contributed by atoms with E-state index in [1.807, 2.05) is 0 Å². The molecule has 8 nitrogen and oxygen atoms in total. The first-order valence-corrected chi connectivity index (χ1v) is 8.46. The summed E-state index contributed by atoms with van der Waals surface area (Å²) in [6.07, 6.45) is 0. The number of nitrogens with zero attached hydrogens (tertiary/aromatic N) is 4. The molecule has 0 fully saturated rings. The molecule has 0 N–H and O–H groups in total. The van der Waals surface area contributed by atoms with Crippen molar-refractivity contribution in [2.24, 2.45) is 0 Å². The van der Waals surface area contributed by atoms with Gasteiger partial charge in [-0.3, -0.25) is 10.1 Å². The summed E-state index contributed by atoms with van der Waals surface area (Å²) in [4.78, 5) is 14.8. The molecule has 0 saturated heterocycles. The maximum Gasteiger partial charge on any atom is 0.295 e. The molecule has 0 atom stereocenters. The number of nitro groups is 1. The highest BCUT2D eigenvalue weighted by Crippen LogP contribution is 2.29. The average molecular weight is 326 g/mol. The number of rotatable bonds is 6. The molecule has 0 unspecified atom stereocenters. The van der Waals surface area contributed by atoms with E-state index in [1.165, 1.54) is 21.0 Å². The van der Waals surface area contributed by atoms with Gasteiger partial charge in [-0.15, -0.1) is 0 Å². The van der Waals surface area contributed by atoms with Gasteiger partial charge in [0.05, 0.1) is 10.4 Å². The van der Waals surface area contributed by atoms with Crippen LogP contribution in [0.15, 0.2) is 23.4 Å². The van der Waals surface area contributed by atoms with Crippen molar-refractivity contribution < 1.29 is 13.3 Å². The van der Waals surface area contributed by atoms with Crippen LogP contribution in [0.3, 0.4) is 0 Å². The van der Waals surface area contributed by atoms with Crippen LogP contribution in [0.5, 0.6) is 0 Å². The van der Waals surface area contributed by atoms with Crippen molar-refractivity contribution in [1.82, 2.24) is 13.9 Å². The van der Waals surface area contributed by atoms with Crippen molar-refractivity contribution >= 4 is 26.7 Å². The smallest absolute Gasteiger partial charge is 0.295 e. The Balaban J connectivity index is 2.82. The van der Waals surface area contributed by atoms with Gasteiger partial charge >= 0.3 is 0 Å². The van der Waals surface area contributed by atoms with E-state index in [2.05, 4.69) is 4.98 Å². The summed E-state index contributed by atoms with van der Waals surface area (Å²) in [6.45, 7) is 6.11. The van der Waals surface area contributed by atoms with E-state index >= 15 is 0 Å². The number of aromatic nitrogens is 2. The number of imidazole rings is 1. The predicted octanol–water partition coefficient (Wildman–Crippen LogP) is 1.99. The quantitative estimate of drug-likeness (QED) is 0.597. The summed E-state index contributed by atoms with van der Waals surface area (Å²) in [6, 6.07) is 4.43. The molecule has 0 amide bonds. The average Bonchev–Trinajstić information content (AvgIpc) is 2.87. The SMILES string of the molecule is CCN(CC)S(=O)(=O)c1nc2cccc([N+](=O)[O-])c2n1CC. The second-order valence-electron chi connectivity index (χ2n) is 4.63. The lowest BCUT2D eigenvalue weighted by Gasteiger charge is -2.18. The van der Waals surface area contributed by atoms with Crippen molar-refractivity contribution in [3.8, 4) is 0 Å². The zero-order valence-corrected chi connectivity index (χ0v) is 13.5. The molecular formula is C13H18N4O4S. The van der Waals surface area contributed by atoms with Gasteiger partial charge in [0.2, 0.25) is 5.16 Å². The Morgan fingerprint density at radius 1 is 1.27 bits per heavy atom. The number of aryl methyl sites for hydroxylation is 1. The van der Waals surface area contributed by atoms with Gasteiger partial charge in [0, 0.05) is 25.7 Å².